The zero-order valence-electron chi connectivity index (χ0n) is 10.3. The van der Waals surface area contributed by atoms with Gasteiger partial charge in [-0.15, -0.1) is 0 Å². The van der Waals surface area contributed by atoms with Crippen molar-refractivity contribution in [3.63, 3.8) is 0 Å². The van der Waals surface area contributed by atoms with Gasteiger partial charge in [-0.25, -0.2) is 0 Å². The number of aryl methyl sites for hydroxylation is 1. The number of anilines is 2. The highest BCUT2D eigenvalue weighted by atomic mass is 32.1. The predicted molar refractivity (Wildman–Crippen MR) is 81.4 cm³/mol. The van der Waals surface area contributed by atoms with E-state index in [1.807, 2.05) is 36.4 Å². The highest BCUT2D eigenvalue weighted by Crippen LogP contribution is 2.24. The highest BCUT2D eigenvalue weighted by molar-refractivity contribution is 7.80. The summed E-state index contributed by atoms with van der Waals surface area (Å²) in [5.41, 5.74) is 9.93. The van der Waals surface area contributed by atoms with E-state index in [9.17, 15) is 0 Å². The van der Waals surface area contributed by atoms with Crippen molar-refractivity contribution >= 4 is 28.6 Å². The second-order valence-electron chi connectivity index (χ2n) is 4.05. The Morgan fingerprint density at radius 3 is 2.33 bits per heavy atom. The Morgan fingerprint density at radius 2 is 1.67 bits per heavy atom. The smallest absolute Gasteiger partial charge is 0.106 e. The Morgan fingerprint density at radius 1 is 1.06 bits per heavy atom. The molecule has 18 heavy (non-hydrogen) atoms. The van der Waals surface area contributed by atoms with Gasteiger partial charge in [0.2, 0.25) is 0 Å². The second-order valence-corrected chi connectivity index (χ2v) is 4.49. The molecule has 3 N–H and O–H groups in total. The molecule has 0 aliphatic rings. The Labute approximate surface area is 113 Å². The molecular weight excluding hydrogens is 240 g/mol. The van der Waals surface area contributed by atoms with E-state index in [2.05, 4.69) is 24.4 Å². The standard InChI is InChI=1S/C15H16N2S/c1-2-11-7-3-5-9-13(11)17-14-10-6-4-8-12(14)15(16)18/h3-10,17H,2H2,1H3,(H2,16,18). The van der Waals surface area contributed by atoms with Crippen molar-refractivity contribution in [2.75, 3.05) is 5.32 Å². The first-order valence-corrected chi connectivity index (χ1v) is 6.37. The van der Waals surface area contributed by atoms with Crippen molar-refractivity contribution in [2.45, 2.75) is 13.3 Å². The fourth-order valence-electron chi connectivity index (χ4n) is 1.90. The van der Waals surface area contributed by atoms with E-state index in [-0.39, 0.29) is 0 Å². The van der Waals surface area contributed by atoms with Crippen LogP contribution in [0.25, 0.3) is 0 Å². The van der Waals surface area contributed by atoms with Gasteiger partial charge in [0.15, 0.2) is 0 Å². The SMILES string of the molecule is CCc1ccccc1Nc1ccccc1C(N)=S. The van der Waals surface area contributed by atoms with E-state index in [4.69, 9.17) is 18.0 Å². The number of benzene rings is 2. The molecule has 0 aliphatic heterocycles. The van der Waals surface area contributed by atoms with Crippen LogP contribution in [-0.2, 0) is 6.42 Å². The van der Waals surface area contributed by atoms with Crippen LogP contribution >= 0.6 is 12.2 Å². The number of nitrogens with two attached hydrogens (primary N) is 1. The molecule has 0 unspecified atom stereocenters. The Balaban J connectivity index is 2.37. The predicted octanol–water partition coefficient (Wildman–Crippen LogP) is 3.63. The van der Waals surface area contributed by atoms with E-state index < -0.39 is 0 Å². The summed E-state index contributed by atoms with van der Waals surface area (Å²) >= 11 is 5.06. The molecular formula is C15H16N2S. The molecule has 0 heterocycles. The average molecular weight is 256 g/mol. The quantitative estimate of drug-likeness (QED) is 0.820. The van der Waals surface area contributed by atoms with Gasteiger partial charge in [0.1, 0.15) is 4.99 Å². The number of thiocarbonyl (C=S) groups is 1. The third kappa shape index (κ3) is 2.68. The van der Waals surface area contributed by atoms with Crippen molar-refractivity contribution in [3.8, 4) is 0 Å². The van der Waals surface area contributed by atoms with Crippen LogP contribution in [0.4, 0.5) is 11.4 Å². The molecule has 92 valence electrons. The van der Waals surface area contributed by atoms with Crippen molar-refractivity contribution < 1.29 is 0 Å². The summed E-state index contributed by atoms with van der Waals surface area (Å²) in [4.78, 5) is 0.409. The van der Waals surface area contributed by atoms with Crippen LogP contribution in [0.2, 0.25) is 0 Å². The van der Waals surface area contributed by atoms with Crippen LogP contribution in [0.1, 0.15) is 18.1 Å². The molecule has 2 nitrogen and oxygen atoms in total. The van der Waals surface area contributed by atoms with E-state index in [0.717, 1.165) is 23.4 Å². The molecule has 0 saturated heterocycles. The lowest BCUT2D eigenvalue weighted by Crippen LogP contribution is -2.12. The van der Waals surface area contributed by atoms with Crippen LogP contribution in [-0.4, -0.2) is 4.99 Å². The van der Waals surface area contributed by atoms with Gasteiger partial charge in [0.25, 0.3) is 0 Å². The molecule has 0 aromatic heterocycles. The maximum Gasteiger partial charge on any atom is 0.106 e. The Kier molecular flexibility index (Phi) is 3.95. The zero-order valence-corrected chi connectivity index (χ0v) is 11.1. The molecule has 0 aliphatic carbocycles. The molecule has 0 fully saturated rings. The fourth-order valence-corrected chi connectivity index (χ4v) is 2.08. The van der Waals surface area contributed by atoms with Crippen LogP contribution in [0, 0.1) is 0 Å². The van der Waals surface area contributed by atoms with Gasteiger partial charge in [0, 0.05) is 16.9 Å². The monoisotopic (exact) mass is 256 g/mol. The van der Waals surface area contributed by atoms with Gasteiger partial charge in [-0.1, -0.05) is 49.5 Å². The van der Waals surface area contributed by atoms with E-state index in [0.29, 0.717) is 4.99 Å². The molecule has 0 atom stereocenters. The molecule has 3 heteroatoms. The number of hydrogen-bond acceptors (Lipinski definition) is 2. The third-order valence-electron chi connectivity index (χ3n) is 2.86. The molecule has 0 amide bonds. The van der Waals surface area contributed by atoms with Crippen LogP contribution < -0.4 is 11.1 Å². The number of nitrogens with one attached hydrogen (secondary N) is 1. The van der Waals surface area contributed by atoms with Crippen molar-refractivity contribution in [1.82, 2.24) is 0 Å². The average Bonchev–Trinajstić information content (AvgIpc) is 2.40. The summed E-state index contributed by atoms with van der Waals surface area (Å²) in [6.07, 6.45) is 0.985. The first-order chi connectivity index (χ1) is 8.72. The normalized spacial score (nSPS) is 10.1. The summed E-state index contributed by atoms with van der Waals surface area (Å²) in [6, 6.07) is 16.1. The van der Waals surface area contributed by atoms with Crippen molar-refractivity contribution in [2.24, 2.45) is 5.73 Å². The first-order valence-electron chi connectivity index (χ1n) is 5.96. The van der Waals surface area contributed by atoms with Gasteiger partial charge in [0.05, 0.1) is 0 Å². The first kappa shape index (κ1) is 12.6. The minimum absolute atomic E-state index is 0.409. The van der Waals surface area contributed by atoms with E-state index >= 15 is 0 Å². The third-order valence-corrected chi connectivity index (χ3v) is 3.08. The topological polar surface area (TPSA) is 38.0 Å². The lowest BCUT2D eigenvalue weighted by atomic mass is 10.1. The van der Waals surface area contributed by atoms with Crippen LogP contribution in [0.3, 0.4) is 0 Å². The minimum atomic E-state index is 0.409. The summed E-state index contributed by atoms with van der Waals surface area (Å²) in [5, 5.41) is 3.41. The van der Waals surface area contributed by atoms with Gasteiger partial charge < -0.3 is 11.1 Å². The second kappa shape index (κ2) is 5.65. The summed E-state index contributed by atoms with van der Waals surface area (Å²) in [5.74, 6) is 0. The lowest BCUT2D eigenvalue weighted by Gasteiger charge is -2.13. The molecule has 0 radical (unpaired) electrons. The summed E-state index contributed by atoms with van der Waals surface area (Å²) < 4.78 is 0. The molecule has 0 saturated carbocycles. The maximum absolute atomic E-state index is 5.73. The highest BCUT2D eigenvalue weighted by Gasteiger charge is 2.06. The number of para-hydroxylation sites is 2. The van der Waals surface area contributed by atoms with E-state index in [1.54, 1.807) is 0 Å². The summed E-state index contributed by atoms with van der Waals surface area (Å²) in [7, 11) is 0. The molecule has 0 bridgehead atoms. The Bertz CT molecular complexity index is 564. The molecule has 0 spiro atoms. The van der Waals surface area contributed by atoms with E-state index in [1.165, 1.54) is 5.56 Å². The van der Waals surface area contributed by atoms with Crippen LogP contribution in [0.15, 0.2) is 48.5 Å². The van der Waals surface area contributed by atoms with Gasteiger partial charge in [-0.2, -0.15) is 0 Å². The summed E-state index contributed by atoms with van der Waals surface area (Å²) in [6.45, 7) is 2.14. The lowest BCUT2D eigenvalue weighted by molar-refractivity contribution is 1.14. The van der Waals surface area contributed by atoms with Gasteiger partial charge >= 0.3 is 0 Å². The Hall–Kier alpha value is -1.87. The number of rotatable bonds is 4. The largest absolute Gasteiger partial charge is 0.389 e. The molecule has 2 aromatic carbocycles. The molecule has 2 rings (SSSR count). The van der Waals surface area contributed by atoms with Crippen LogP contribution in [0.5, 0.6) is 0 Å². The van der Waals surface area contributed by atoms with Gasteiger partial charge in [-0.3, -0.25) is 0 Å². The minimum Gasteiger partial charge on any atom is -0.389 e. The fraction of sp³-hybridized carbons (Fsp3) is 0.133. The van der Waals surface area contributed by atoms with Crippen molar-refractivity contribution in [3.05, 3.63) is 59.7 Å². The van der Waals surface area contributed by atoms with Crippen molar-refractivity contribution in [1.29, 1.82) is 0 Å². The number of hydrogen-bond donors (Lipinski definition) is 2. The molecule has 2 aromatic rings. The van der Waals surface area contributed by atoms with Gasteiger partial charge in [-0.05, 0) is 30.2 Å². The maximum atomic E-state index is 5.73. The zero-order chi connectivity index (χ0) is 13.0.